The fraction of sp³-hybridized carbons (Fsp3) is 0.760. The molecule has 2 saturated carbocycles. The van der Waals surface area contributed by atoms with E-state index in [1.54, 1.807) is 0 Å². The molecule has 1 unspecified atom stereocenters. The van der Waals surface area contributed by atoms with Crippen molar-refractivity contribution >= 4 is 11.8 Å². The second-order valence-corrected chi connectivity index (χ2v) is 10.6. The topological polar surface area (TPSA) is 63.6 Å². The van der Waals surface area contributed by atoms with E-state index in [2.05, 4.69) is 32.9 Å². The molecule has 0 saturated heterocycles. The lowest BCUT2D eigenvalue weighted by Gasteiger charge is -2.56. The molecule has 8 atom stereocenters. The minimum Gasteiger partial charge on any atom is -0.467 e. The number of ether oxygens (including phenoxy) is 1. The van der Waals surface area contributed by atoms with Crippen LogP contribution in [-0.4, -0.2) is 30.1 Å². The molecule has 0 spiro atoms. The first-order valence-corrected chi connectivity index (χ1v) is 11.4. The predicted molar refractivity (Wildman–Crippen MR) is 112 cm³/mol. The maximum atomic E-state index is 12.0. The van der Waals surface area contributed by atoms with E-state index in [-0.39, 0.29) is 16.6 Å². The van der Waals surface area contributed by atoms with Crippen molar-refractivity contribution in [2.45, 2.75) is 71.8 Å². The summed E-state index contributed by atoms with van der Waals surface area (Å²) in [5, 5.41) is 10.2. The molecule has 4 aliphatic rings. The summed E-state index contributed by atoms with van der Waals surface area (Å²) in [5.74, 6) is 2.43. The second-order valence-electron chi connectivity index (χ2n) is 10.6. The molecule has 1 N–H and O–H groups in total. The SMILES string of the molecule is COC(=O)C(O)C[C@@H](C)[C@H]1CC[C@H]2[C@@H]3C=CC4=CC(=O)CC[C@]4(C)[C@H]3CC[C@]12C. The molecule has 0 aromatic heterocycles. The Morgan fingerprint density at radius 1 is 1.24 bits per heavy atom. The number of ketones is 1. The fourth-order valence-corrected chi connectivity index (χ4v) is 7.72. The molecule has 160 valence electrons. The number of allylic oxidation sites excluding steroid dienone is 4. The molecule has 4 aliphatic carbocycles. The van der Waals surface area contributed by atoms with Crippen LogP contribution in [0.3, 0.4) is 0 Å². The van der Waals surface area contributed by atoms with Crippen molar-refractivity contribution in [2.75, 3.05) is 7.11 Å². The molecule has 0 bridgehead atoms. The molecule has 4 heteroatoms. The van der Waals surface area contributed by atoms with Gasteiger partial charge < -0.3 is 9.84 Å². The molecule has 0 aromatic rings. The Labute approximate surface area is 174 Å². The van der Waals surface area contributed by atoms with E-state index in [0.717, 1.165) is 6.42 Å². The third-order valence-electron chi connectivity index (χ3n) is 9.34. The van der Waals surface area contributed by atoms with Crippen molar-refractivity contribution in [3.63, 3.8) is 0 Å². The van der Waals surface area contributed by atoms with E-state index in [0.29, 0.717) is 42.4 Å². The normalized spacial score (nSPS) is 42.9. The Morgan fingerprint density at radius 3 is 2.72 bits per heavy atom. The minimum absolute atomic E-state index is 0.138. The van der Waals surface area contributed by atoms with Gasteiger partial charge in [0.2, 0.25) is 0 Å². The average Bonchev–Trinajstić information content (AvgIpc) is 3.05. The van der Waals surface area contributed by atoms with Gasteiger partial charge in [0.1, 0.15) is 0 Å². The highest BCUT2D eigenvalue weighted by Crippen LogP contribution is 2.66. The van der Waals surface area contributed by atoms with Crippen LogP contribution < -0.4 is 0 Å². The van der Waals surface area contributed by atoms with Gasteiger partial charge in [-0.25, -0.2) is 4.79 Å². The van der Waals surface area contributed by atoms with Gasteiger partial charge in [-0.3, -0.25) is 4.79 Å². The molecular weight excluding hydrogens is 364 g/mol. The van der Waals surface area contributed by atoms with Crippen LogP contribution >= 0.6 is 0 Å². The van der Waals surface area contributed by atoms with Crippen LogP contribution in [0.4, 0.5) is 0 Å². The Kier molecular flexibility index (Phi) is 5.30. The summed E-state index contributed by atoms with van der Waals surface area (Å²) in [5.41, 5.74) is 1.64. The molecule has 0 aromatic carbocycles. The molecule has 0 aliphatic heterocycles. The zero-order valence-corrected chi connectivity index (χ0v) is 18.3. The summed E-state index contributed by atoms with van der Waals surface area (Å²) < 4.78 is 4.72. The number of esters is 1. The molecule has 4 rings (SSSR count). The van der Waals surface area contributed by atoms with Gasteiger partial charge in [0.15, 0.2) is 11.9 Å². The number of methoxy groups -OCH3 is 1. The van der Waals surface area contributed by atoms with E-state index in [9.17, 15) is 14.7 Å². The molecule has 2 fully saturated rings. The van der Waals surface area contributed by atoms with E-state index < -0.39 is 12.1 Å². The number of hydrogen-bond donors (Lipinski definition) is 1. The summed E-state index contributed by atoms with van der Waals surface area (Å²) in [4.78, 5) is 23.7. The number of carbonyl (C=O) groups excluding carboxylic acids is 2. The van der Waals surface area contributed by atoms with Crippen LogP contribution in [0.15, 0.2) is 23.8 Å². The van der Waals surface area contributed by atoms with Gasteiger partial charge in [0.25, 0.3) is 0 Å². The maximum Gasteiger partial charge on any atom is 0.334 e. The number of carbonyl (C=O) groups is 2. The van der Waals surface area contributed by atoms with Crippen LogP contribution in [0.2, 0.25) is 0 Å². The molecule has 0 amide bonds. The van der Waals surface area contributed by atoms with Crippen LogP contribution in [0, 0.1) is 40.4 Å². The lowest BCUT2D eigenvalue weighted by molar-refractivity contribution is -0.151. The summed E-state index contributed by atoms with van der Waals surface area (Å²) in [6.45, 7) is 7.04. The highest BCUT2D eigenvalue weighted by molar-refractivity contribution is 5.92. The molecule has 0 radical (unpaired) electrons. The van der Waals surface area contributed by atoms with Crippen molar-refractivity contribution in [1.82, 2.24) is 0 Å². The predicted octanol–water partition coefficient (Wildman–Crippen LogP) is 4.47. The Balaban J connectivity index is 1.56. The summed E-state index contributed by atoms with van der Waals surface area (Å²) >= 11 is 0. The third kappa shape index (κ3) is 3.22. The number of aliphatic hydroxyl groups is 1. The van der Waals surface area contributed by atoms with Gasteiger partial charge >= 0.3 is 5.97 Å². The Morgan fingerprint density at radius 2 is 2.00 bits per heavy atom. The number of hydrogen-bond acceptors (Lipinski definition) is 4. The second kappa shape index (κ2) is 7.37. The van der Waals surface area contributed by atoms with Crippen molar-refractivity contribution in [1.29, 1.82) is 0 Å². The number of rotatable bonds is 4. The zero-order chi connectivity index (χ0) is 21.0. The average molecular weight is 401 g/mol. The molecule has 0 heterocycles. The fourth-order valence-electron chi connectivity index (χ4n) is 7.72. The van der Waals surface area contributed by atoms with Crippen LogP contribution in [0.25, 0.3) is 0 Å². The van der Waals surface area contributed by atoms with Crippen LogP contribution in [0.1, 0.15) is 65.7 Å². The first-order valence-electron chi connectivity index (χ1n) is 11.4. The summed E-state index contributed by atoms with van der Waals surface area (Å²) in [6.07, 6.45) is 12.5. The summed E-state index contributed by atoms with van der Waals surface area (Å²) in [7, 11) is 1.34. The van der Waals surface area contributed by atoms with Gasteiger partial charge in [0, 0.05) is 6.42 Å². The Bertz CT molecular complexity index is 752. The molecule has 4 nitrogen and oxygen atoms in total. The maximum absolute atomic E-state index is 12.0. The van der Waals surface area contributed by atoms with Gasteiger partial charge in [0.05, 0.1) is 7.11 Å². The van der Waals surface area contributed by atoms with E-state index >= 15 is 0 Å². The highest BCUT2D eigenvalue weighted by atomic mass is 16.5. The van der Waals surface area contributed by atoms with Gasteiger partial charge in [-0.2, -0.15) is 0 Å². The van der Waals surface area contributed by atoms with Gasteiger partial charge in [-0.05, 0) is 90.6 Å². The highest BCUT2D eigenvalue weighted by Gasteiger charge is 2.58. The first kappa shape index (κ1) is 20.8. The van der Waals surface area contributed by atoms with E-state index in [4.69, 9.17) is 4.74 Å². The number of fused-ring (bicyclic) bond motifs is 5. The van der Waals surface area contributed by atoms with Gasteiger partial charge in [-0.15, -0.1) is 0 Å². The largest absolute Gasteiger partial charge is 0.467 e. The van der Waals surface area contributed by atoms with Crippen molar-refractivity contribution in [3.05, 3.63) is 23.8 Å². The number of aliphatic hydroxyl groups excluding tert-OH is 1. The lowest BCUT2D eigenvalue weighted by atomic mass is 9.48. The van der Waals surface area contributed by atoms with E-state index in [1.165, 1.54) is 38.4 Å². The quantitative estimate of drug-likeness (QED) is 0.707. The summed E-state index contributed by atoms with van der Waals surface area (Å²) in [6, 6.07) is 0. The van der Waals surface area contributed by atoms with Crippen molar-refractivity contribution in [3.8, 4) is 0 Å². The lowest BCUT2D eigenvalue weighted by Crippen LogP contribution is -2.49. The van der Waals surface area contributed by atoms with Crippen molar-refractivity contribution in [2.24, 2.45) is 40.4 Å². The zero-order valence-electron chi connectivity index (χ0n) is 18.3. The van der Waals surface area contributed by atoms with Crippen LogP contribution in [-0.2, 0) is 14.3 Å². The minimum atomic E-state index is -1.02. The monoisotopic (exact) mass is 400 g/mol. The first-order chi connectivity index (χ1) is 13.7. The molecular formula is C25H36O4. The Hall–Kier alpha value is -1.42. The van der Waals surface area contributed by atoms with Gasteiger partial charge in [-0.1, -0.05) is 32.9 Å². The standard InChI is InChI=1S/C25H36O4/c1-15(13-22(27)23(28)29-4)19-7-8-20-18-6-5-16-14-17(26)9-11-24(16,2)21(18)10-12-25(19,20)3/h5-6,14-15,18-22,27H,7-13H2,1-4H3/t15-,18+,19-,20+,21+,22?,24+,25-/m1/s1. The molecule has 29 heavy (non-hydrogen) atoms. The van der Waals surface area contributed by atoms with Crippen LogP contribution in [0.5, 0.6) is 0 Å². The van der Waals surface area contributed by atoms with E-state index in [1.807, 2.05) is 6.08 Å². The van der Waals surface area contributed by atoms with Crippen molar-refractivity contribution < 1.29 is 19.4 Å². The smallest absolute Gasteiger partial charge is 0.334 e. The third-order valence-corrected chi connectivity index (χ3v) is 9.34.